The highest BCUT2D eigenvalue weighted by atomic mass is 16.3. The highest BCUT2D eigenvalue weighted by molar-refractivity contribution is 5.21. The summed E-state index contributed by atoms with van der Waals surface area (Å²) >= 11 is 0. The Kier molecular flexibility index (Phi) is 10.2. The van der Waals surface area contributed by atoms with E-state index in [1.54, 1.807) is 5.57 Å². The summed E-state index contributed by atoms with van der Waals surface area (Å²) in [5, 5.41) is 24.2. The van der Waals surface area contributed by atoms with E-state index in [9.17, 15) is 10.2 Å². The number of unbranched alkanes of at least 4 members (excludes halogenated alkanes) is 4. The van der Waals surface area contributed by atoms with E-state index in [2.05, 4.69) is 41.5 Å². The van der Waals surface area contributed by atoms with Crippen molar-refractivity contribution in [2.45, 2.75) is 89.9 Å². The monoisotopic (exact) mass is 426 g/mol. The molecule has 1 heterocycles. The van der Waals surface area contributed by atoms with Crippen LogP contribution in [0.1, 0.15) is 76.7 Å². The zero-order valence-electron chi connectivity index (χ0n) is 19.3. The number of nitrogens with one attached hydrogen (secondary N) is 1. The predicted octanol–water partition coefficient (Wildman–Crippen LogP) is 5.17. The molecular formula is C27H42N2O2. The molecule has 172 valence electrons. The van der Waals surface area contributed by atoms with E-state index in [-0.39, 0.29) is 18.1 Å². The van der Waals surface area contributed by atoms with E-state index in [1.807, 2.05) is 18.5 Å². The second kappa shape index (κ2) is 13.1. The Morgan fingerprint density at radius 3 is 2.81 bits per heavy atom. The largest absolute Gasteiger partial charge is 0.392 e. The Hall–Kier alpha value is -1.49. The molecule has 1 aromatic rings. The average Bonchev–Trinajstić information content (AvgIpc) is 3.28. The third kappa shape index (κ3) is 7.85. The van der Waals surface area contributed by atoms with Crippen LogP contribution >= 0.6 is 0 Å². The van der Waals surface area contributed by atoms with E-state index in [4.69, 9.17) is 0 Å². The van der Waals surface area contributed by atoms with Gasteiger partial charge in [-0.15, -0.1) is 0 Å². The normalized spacial score (nSPS) is 26.4. The summed E-state index contributed by atoms with van der Waals surface area (Å²) in [6.45, 7) is 4.16. The number of aliphatic hydroxyl groups excluding tert-OH is 2. The molecule has 0 bridgehead atoms. The Labute approximate surface area is 188 Å². The minimum atomic E-state index is -0.362. The number of pyridine rings is 1. The summed E-state index contributed by atoms with van der Waals surface area (Å²) in [6.07, 6.45) is 20.8. The van der Waals surface area contributed by atoms with E-state index in [0.717, 1.165) is 38.8 Å². The SMILES string of the molecule is CCCCC[C@@H](O)/C=C/[C@@H]1[C@H]2CC(CCCCCNCc3ccncc3)=C[C@H]2C[C@H]1O. The molecule has 3 rings (SSSR count). The first kappa shape index (κ1) is 24.2. The van der Waals surface area contributed by atoms with E-state index >= 15 is 0 Å². The molecule has 0 amide bonds. The summed E-state index contributed by atoms with van der Waals surface area (Å²) in [5.74, 6) is 1.27. The van der Waals surface area contributed by atoms with Gasteiger partial charge in [0.1, 0.15) is 0 Å². The van der Waals surface area contributed by atoms with E-state index < -0.39 is 0 Å². The smallest absolute Gasteiger partial charge is 0.0721 e. The van der Waals surface area contributed by atoms with Gasteiger partial charge < -0.3 is 15.5 Å². The molecular weight excluding hydrogens is 384 g/mol. The lowest BCUT2D eigenvalue weighted by Crippen LogP contribution is -2.18. The minimum absolute atomic E-state index is 0.206. The molecule has 1 fully saturated rings. The Morgan fingerprint density at radius 1 is 1.16 bits per heavy atom. The molecule has 3 N–H and O–H groups in total. The minimum Gasteiger partial charge on any atom is -0.392 e. The van der Waals surface area contributed by atoms with Crippen molar-refractivity contribution in [2.24, 2.45) is 17.8 Å². The molecule has 0 saturated heterocycles. The fourth-order valence-electron chi connectivity index (χ4n) is 5.26. The number of allylic oxidation sites excluding steroid dienone is 2. The second-order valence-corrected chi connectivity index (χ2v) is 9.53. The van der Waals surface area contributed by atoms with Gasteiger partial charge in [-0.3, -0.25) is 4.98 Å². The highest BCUT2D eigenvalue weighted by Gasteiger charge is 2.43. The van der Waals surface area contributed by atoms with Crippen molar-refractivity contribution in [3.63, 3.8) is 0 Å². The summed E-state index contributed by atoms with van der Waals surface area (Å²) in [6, 6.07) is 4.12. The van der Waals surface area contributed by atoms with Crippen LogP contribution in [-0.2, 0) is 6.54 Å². The zero-order chi connectivity index (χ0) is 21.9. The van der Waals surface area contributed by atoms with Crippen molar-refractivity contribution in [3.8, 4) is 0 Å². The van der Waals surface area contributed by atoms with E-state index in [1.165, 1.54) is 44.1 Å². The third-order valence-electron chi connectivity index (χ3n) is 7.04. The van der Waals surface area contributed by atoms with Gasteiger partial charge in [-0.05, 0) is 74.6 Å². The lowest BCUT2D eigenvalue weighted by Gasteiger charge is -2.19. The van der Waals surface area contributed by atoms with Crippen LogP contribution in [0.25, 0.3) is 0 Å². The molecule has 0 aliphatic heterocycles. The van der Waals surface area contributed by atoms with Gasteiger partial charge in [0, 0.05) is 24.9 Å². The molecule has 0 radical (unpaired) electrons. The number of aromatic nitrogens is 1. The third-order valence-corrected chi connectivity index (χ3v) is 7.04. The van der Waals surface area contributed by atoms with Crippen LogP contribution in [0.15, 0.2) is 48.3 Å². The standard InChI is InChI=1S/C27H42N2O2/c1-2-3-5-9-24(30)10-11-25-26-18-22(17-23(26)19-27(25)31)8-6-4-7-14-29-20-21-12-15-28-16-13-21/h10-13,15-17,23-27,29-31H,2-9,14,18-20H2,1H3/b11-10+/t23-,24+,25+,26-,27+/m0/s1. The molecule has 4 heteroatoms. The van der Waals surface area contributed by atoms with Gasteiger partial charge in [-0.25, -0.2) is 0 Å². The Bertz CT molecular complexity index is 688. The summed E-state index contributed by atoms with van der Waals surface area (Å²) in [7, 11) is 0. The fourth-order valence-corrected chi connectivity index (χ4v) is 5.26. The second-order valence-electron chi connectivity index (χ2n) is 9.53. The first-order chi connectivity index (χ1) is 15.2. The van der Waals surface area contributed by atoms with E-state index in [0.29, 0.717) is 11.8 Å². The van der Waals surface area contributed by atoms with Gasteiger partial charge >= 0.3 is 0 Å². The highest BCUT2D eigenvalue weighted by Crippen LogP contribution is 2.48. The maximum Gasteiger partial charge on any atom is 0.0721 e. The number of fused-ring (bicyclic) bond motifs is 1. The van der Waals surface area contributed by atoms with Crippen molar-refractivity contribution >= 4 is 0 Å². The fraction of sp³-hybridized carbons (Fsp3) is 0.667. The number of hydrogen-bond acceptors (Lipinski definition) is 4. The Balaban J connectivity index is 1.31. The Morgan fingerprint density at radius 2 is 2.00 bits per heavy atom. The summed E-state index contributed by atoms with van der Waals surface area (Å²) in [4.78, 5) is 4.05. The number of nitrogens with zero attached hydrogens (tertiary/aromatic N) is 1. The summed E-state index contributed by atoms with van der Waals surface area (Å²) in [5.41, 5.74) is 2.88. The molecule has 0 unspecified atom stereocenters. The first-order valence-corrected chi connectivity index (χ1v) is 12.5. The zero-order valence-corrected chi connectivity index (χ0v) is 19.3. The van der Waals surface area contributed by atoms with Gasteiger partial charge in [0.05, 0.1) is 12.2 Å². The molecule has 1 aromatic heterocycles. The van der Waals surface area contributed by atoms with Crippen LogP contribution < -0.4 is 5.32 Å². The van der Waals surface area contributed by atoms with Crippen LogP contribution in [0.2, 0.25) is 0 Å². The van der Waals surface area contributed by atoms with Crippen LogP contribution in [0, 0.1) is 17.8 Å². The van der Waals surface area contributed by atoms with Crippen LogP contribution in [0.5, 0.6) is 0 Å². The van der Waals surface area contributed by atoms with Crippen LogP contribution in [0.4, 0.5) is 0 Å². The van der Waals surface area contributed by atoms with Crippen LogP contribution in [-0.4, -0.2) is 33.9 Å². The molecule has 1 saturated carbocycles. The maximum absolute atomic E-state index is 10.5. The number of hydrogen-bond donors (Lipinski definition) is 3. The molecule has 2 aliphatic carbocycles. The number of aliphatic hydroxyl groups is 2. The topological polar surface area (TPSA) is 65.4 Å². The lowest BCUT2D eigenvalue weighted by molar-refractivity contribution is 0.139. The van der Waals surface area contributed by atoms with Crippen molar-refractivity contribution in [1.82, 2.24) is 10.3 Å². The first-order valence-electron chi connectivity index (χ1n) is 12.5. The van der Waals surface area contributed by atoms with Gasteiger partial charge in [-0.1, -0.05) is 56.4 Å². The molecule has 0 aromatic carbocycles. The lowest BCUT2D eigenvalue weighted by atomic mass is 9.88. The molecule has 4 nitrogen and oxygen atoms in total. The van der Waals surface area contributed by atoms with Crippen molar-refractivity contribution in [3.05, 3.63) is 53.9 Å². The van der Waals surface area contributed by atoms with Crippen molar-refractivity contribution in [2.75, 3.05) is 6.54 Å². The summed E-state index contributed by atoms with van der Waals surface area (Å²) < 4.78 is 0. The van der Waals surface area contributed by atoms with Crippen molar-refractivity contribution < 1.29 is 10.2 Å². The van der Waals surface area contributed by atoms with Crippen LogP contribution in [0.3, 0.4) is 0 Å². The quantitative estimate of drug-likeness (QED) is 0.284. The molecule has 31 heavy (non-hydrogen) atoms. The van der Waals surface area contributed by atoms with Gasteiger partial charge in [0.25, 0.3) is 0 Å². The predicted molar refractivity (Wildman–Crippen MR) is 127 cm³/mol. The average molecular weight is 427 g/mol. The maximum atomic E-state index is 10.5. The molecule has 5 atom stereocenters. The van der Waals surface area contributed by atoms with Gasteiger partial charge in [-0.2, -0.15) is 0 Å². The number of rotatable bonds is 14. The van der Waals surface area contributed by atoms with Gasteiger partial charge in [0.2, 0.25) is 0 Å². The van der Waals surface area contributed by atoms with Crippen molar-refractivity contribution in [1.29, 1.82) is 0 Å². The molecule has 2 aliphatic rings. The van der Waals surface area contributed by atoms with Gasteiger partial charge in [0.15, 0.2) is 0 Å². The molecule has 0 spiro atoms.